The van der Waals surface area contributed by atoms with Gasteiger partial charge in [0.1, 0.15) is 12.2 Å². The Bertz CT molecular complexity index is 793. The maximum atomic E-state index is 11.8. The Morgan fingerprint density at radius 2 is 2.04 bits per heavy atom. The molecule has 1 amide bonds. The number of hydrogen-bond donors (Lipinski definition) is 1. The molecule has 1 aromatic carbocycles. The fraction of sp³-hybridized carbons (Fsp3) is 0.353. The first kappa shape index (κ1) is 16.7. The lowest BCUT2D eigenvalue weighted by atomic mass is 10.1. The molecule has 1 heterocycles. The third kappa shape index (κ3) is 4.18. The second-order valence-electron chi connectivity index (χ2n) is 5.40. The van der Waals surface area contributed by atoms with E-state index in [1.807, 2.05) is 6.92 Å². The third-order valence-electron chi connectivity index (χ3n) is 3.54. The van der Waals surface area contributed by atoms with E-state index in [-0.39, 0.29) is 24.4 Å². The molecule has 23 heavy (non-hydrogen) atoms. The molecule has 1 atom stereocenters. The van der Waals surface area contributed by atoms with Gasteiger partial charge in [0.15, 0.2) is 0 Å². The summed E-state index contributed by atoms with van der Waals surface area (Å²) in [6.45, 7) is 5.09. The molecule has 1 N–H and O–H groups in total. The van der Waals surface area contributed by atoms with Crippen LogP contribution in [0, 0.1) is 5.92 Å². The van der Waals surface area contributed by atoms with Crippen molar-refractivity contribution in [2.45, 2.75) is 33.8 Å². The van der Waals surface area contributed by atoms with Gasteiger partial charge in [-0.1, -0.05) is 13.8 Å². The van der Waals surface area contributed by atoms with Gasteiger partial charge in [-0.25, -0.2) is 4.79 Å². The fourth-order valence-corrected chi connectivity index (χ4v) is 2.09. The summed E-state index contributed by atoms with van der Waals surface area (Å²) in [6.07, 6.45) is 0.691. The highest BCUT2D eigenvalue weighted by atomic mass is 16.5. The second kappa shape index (κ2) is 7.09. The van der Waals surface area contributed by atoms with Gasteiger partial charge < -0.3 is 14.5 Å². The number of rotatable bonds is 5. The highest BCUT2D eigenvalue weighted by molar-refractivity contribution is 5.92. The van der Waals surface area contributed by atoms with E-state index in [9.17, 15) is 14.4 Å². The standard InChI is InChI=1S/C17H19NO5/c1-4-10(2)17(21)22-9-12-7-16(20)23-15-8-13(18-11(3)19)5-6-14(12)15/h5-8,10H,4,9H2,1-3H3,(H,18,19)/t10-/m1/s1. The largest absolute Gasteiger partial charge is 0.461 e. The Morgan fingerprint density at radius 1 is 1.30 bits per heavy atom. The maximum absolute atomic E-state index is 11.8. The average Bonchev–Trinajstić information content (AvgIpc) is 2.50. The summed E-state index contributed by atoms with van der Waals surface area (Å²) < 4.78 is 10.4. The van der Waals surface area contributed by atoms with Crippen LogP contribution in [0.2, 0.25) is 0 Å². The molecule has 0 fully saturated rings. The van der Waals surface area contributed by atoms with E-state index in [2.05, 4.69) is 5.32 Å². The first-order valence-corrected chi connectivity index (χ1v) is 7.41. The van der Waals surface area contributed by atoms with Crippen LogP contribution in [-0.2, 0) is 20.9 Å². The first-order chi connectivity index (χ1) is 10.9. The van der Waals surface area contributed by atoms with Crippen molar-refractivity contribution in [2.24, 2.45) is 5.92 Å². The van der Waals surface area contributed by atoms with Crippen molar-refractivity contribution in [3.63, 3.8) is 0 Å². The van der Waals surface area contributed by atoms with Gasteiger partial charge in [-0.3, -0.25) is 9.59 Å². The normalized spacial score (nSPS) is 12.0. The number of fused-ring (bicyclic) bond motifs is 1. The Labute approximate surface area is 133 Å². The minimum Gasteiger partial charge on any atom is -0.461 e. The molecular weight excluding hydrogens is 298 g/mol. The van der Waals surface area contributed by atoms with Crippen molar-refractivity contribution in [2.75, 3.05) is 5.32 Å². The second-order valence-corrected chi connectivity index (χ2v) is 5.40. The van der Waals surface area contributed by atoms with Gasteiger partial charge in [-0.15, -0.1) is 0 Å². The van der Waals surface area contributed by atoms with Crippen LogP contribution in [0.25, 0.3) is 11.0 Å². The predicted molar refractivity (Wildman–Crippen MR) is 86.0 cm³/mol. The molecule has 0 saturated carbocycles. The van der Waals surface area contributed by atoms with Crippen molar-refractivity contribution in [1.29, 1.82) is 0 Å². The molecule has 0 radical (unpaired) electrons. The molecule has 0 saturated heterocycles. The number of carbonyl (C=O) groups excluding carboxylic acids is 2. The van der Waals surface area contributed by atoms with E-state index in [1.165, 1.54) is 13.0 Å². The van der Waals surface area contributed by atoms with Crippen molar-refractivity contribution in [3.8, 4) is 0 Å². The van der Waals surface area contributed by atoms with E-state index >= 15 is 0 Å². The van der Waals surface area contributed by atoms with Gasteiger partial charge in [-0.2, -0.15) is 0 Å². The molecule has 0 aliphatic rings. The lowest BCUT2D eigenvalue weighted by Crippen LogP contribution is -2.14. The summed E-state index contributed by atoms with van der Waals surface area (Å²) in [5.41, 5.74) is 0.898. The molecular formula is C17H19NO5. The molecule has 6 nitrogen and oxygen atoms in total. The SMILES string of the molecule is CC[C@@H](C)C(=O)OCc1cc(=O)oc2cc(NC(C)=O)ccc12. The van der Waals surface area contributed by atoms with Gasteiger partial charge in [0.05, 0.1) is 5.92 Å². The molecule has 0 aliphatic carbocycles. The minimum absolute atomic E-state index is 0.00472. The number of benzene rings is 1. The van der Waals surface area contributed by atoms with Crippen LogP contribution >= 0.6 is 0 Å². The summed E-state index contributed by atoms with van der Waals surface area (Å²) in [5.74, 6) is -0.707. The molecule has 0 spiro atoms. The Morgan fingerprint density at radius 3 is 2.70 bits per heavy atom. The lowest BCUT2D eigenvalue weighted by molar-refractivity contribution is -0.149. The summed E-state index contributed by atoms with van der Waals surface area (Å²) in [5, 5.41) is 3.28. The summed E-state index contributed by atoms with van der Waals surface area (Å²) in [4.78, 5) is 34.5. The number of amides is 1. The van der Waals surface area contributed by atoms with E-state index in [4.69, 9.17) is 9.15 Å². The van der Waals surface area contributed by atoms with E-state index < -0.39 is 5.63 Å². The predicted octanol–water partition coefficient (Wildman–Crippen LogP) is 2.84. The zero-order chi connectivity index (χ0) is 17.0. The quantitative estimate of drug-likeness (QED) is 0.677. The Hall–Kier alpha value is -2.63. The van der Waals surface area contributed by atoms with Crippen molar-refractivity contribution < 1.29 is 18.7 Å². The molecule has 0 aliphatic heterocycles. The lowest BCUT2D eigenvalue weighted by Gasteiger charge is -2.11. The number of anilines is 1. The number of esters is 1. The van der Waals surface area contributed by atoms with Gasteiger partial charge in [0, 0.05) is 35.7 Å². The van der Waals surface area contributed by atoms with Crippen molar-refractivity contribution >= 4 is 28.5 Å². The molecule has 2 aromatic rings. The topological polar surface area (TPSA) is 85.6 Å². The summed E-state index contributed by atoms with van der Waals surface area (Å²) in [7, 11) is 0. The number of nitrogens with one attached hydrogen (secondary N) is 1. The molecule has 2 rings (SSSR count). The summed E-state index contributed by atoms with van der Waals surface area (Å²) in [6, 6.07) is 6.29. The zero-order valence-corrected chi connectivity index (χ0v) is 13.3. The van der Waals surface area contributed by atoms with Gasteiger partial charge in [-0.05, 0) is 18.6 Å². The monoisotopic (exact) mass is 317 g/mol. The van der Waals surface area contributed by atoms with Crippen LogP contribution in [0.3, 0.4) is 0 Å². The Kier molecular flexibility index (Phi) is 5.16. The highest BCUT2D eigenvalue weighted by Gasteiger charge is 2.14. The van der Waals surface area contributed by atoms with Crippen LogP contribution in [0.15, 0.2) is 33.5 Å². The van der Waals surface area contributed by atoms with Gasteiger partial charge in [0.25, 0.3) is 0 Å². The van der Waals surface area contributed by atoms with Crippen LogP contribution in [-0.4, -0.2) is 11.9 Å². The van der Waals surface area contributed by atoms with Crippen molar-refractivity contribution in [1.82, 2.24) is 0 Å². The summed E-state index contributed by atoms with van der Waals surface area (Å²) >= 11 is 0. The van der Waals surface area contributed by atoms with Crippen molar-refractivity contribution in [3.05, 3.63) is 40.2 Å². The van der Waals surface area contributed by atoms with Crippen LogP contribution < -0.4 is 10.9 Å². The molecule has 122 valence electrons. The number of carbonyl (C=O) groups is 2. The number of ether oxygens (including phenoxy) is 1. The van der Waals surface area contributed by atoms with E-state index in [0.29, 0.717) is 28.6 Å². The minimum atomic E-state index is -0.535. The van der Waals surface area contributed by atoms with Crippen LogP contribution in [0.4, 0.5) is 5.69 Å². The molecule has 1 aromatic heterocycles. The van der Waals surface area contributed by atoms with E-state index in [0.717, 1.165) is 0 Å². The van der Waals surface area contributed by atoms with Gasteiger partial charge in [0.2, 0.25) is 5.91 Å². The third-order valence-corrected chi connectivity index (χ3v) is 3.54. The maximum Gasteiger partial charge on any atom is 0.336 e. The Balaban J connectivity index is 2.31. The van der Waals surface area contributed by atoms with Crippen LogP contribution in [0.1, 0.15) is 32.8 Å². The highest BCUT2D eigenvalue weighted by Crippen LogP contribution is 2.22. The zero-order valence-electron chi connectivity index (χ0n) is 13.3. The number of hydrogen-bond acceptors (Lipinski definition) is 5. The molecule has 0 bridgehead atoms. The van der Waals surface area contributed by atoms with Crippen LogP contribution in [0.5, 0.6) is 0 Å². The fourth-order valence-electron chi connectivity index (χ4n) is 2.09. The molecule has 6 heteroatoms. The smallest absolute Gasteiger partial charge is 0.336 e. The first-order valence-electron chi connectivity index (χ1n) is 7.41. The van der Waals surface area contributed by atoms with E-state index in [1.54, 1.807) is 25.1 Å². The average molecular weight is 317 g/mol. The molecule has 0 unspecified atom stereocenters. The van der Waals surface area contributed by atoms with Gasteiger partial charge >= 0.3 is 11.6 Å².